The van der Waals surface area contributed by atoms with Gasteiger partial charge in [-0.15, -0.1) is 13.2 Å². The monoisotopic (exact) mass is 319 g/mol. The van der Waals surface area contributed by atoms with Gasteiger partial charge >= 0.3 is 6.36 Å². The van der Waals surface area contributed by atoms with E-state index in [0.29, 0.717) is 10.9 Å². The van der Waals surface area contributed by atoms with Crippen molar-refractivity contribution >= 4 is 26.8 Å². The molecule has 0 amide bonds. The van der Waals surface area contributed by atoms with E-state index in [4.69, 9.17) is 0 Å². The molecular formula is C12H9BrF3NO. The third kappa shape index (κ3) is 3.35. The summed E-state index contributed by atoms with van der Waals surface area (Å²) in [6.45, 7) is 0. The summed E-state index contributed by atoms with van der Waals surface area (Å²) in [6, 6.07) is 7.65. The van der Waals surface area contributed by atoms with E-state index in [1.807, 2.05) is 0 Å². The summed E-state index contributed by atoms with van der Waals surface area (Å²) < 4.78 is 40.0. The molecule has 0 saturated heterocycles. The summed E-state index contributed by atoms with van der Waals surface area (Å²) in [7, 11) is 0. The Morgan fingerprint density at radius 3 is 2.61 bits per heavy atom. The Morgan fingerprint density at radius 2 is 1.94 bits per heavy atom. The van der Waals surface area contributed by atoms with Crippen LogP contribution in [0.15, 0.2) is 30.3 Å². The number of fused-ring (bicyclic) bond motifs is 1. The summed E-state index contributed by atoms with van der Waals surface area (Å²) in [5, 5.41) is 1.41. The van der Waals surface area contributed by atoms with Crippen molar-refractivity contribution in [2.45, 2.75) is 12.8 Å². The Morgan fingerprint density at radius 1 is 1.17 bits per heavy atom. The van der Waals surface area contributed by atoms with Gasteiger partial charge in [-0.1, -0.05) is 22.0 Å². The van der Waals surface area contributed by atoms with Gasteiger partial charge < -0.3 is 4.74 Å². The maximum absolute atomic E-state index is 12.1. The van der Waals surface area contributed by atoms with Gasteiger partial charge in [-0.25, -0.2) is 0 Å². The van der Waals surface area contributed by atoms with Crippen LogP contribution in [-0.2, 0) is 6.42 Å². The third-order valence-corrected chi connectivity index (χ3v) is 2.70. The van der Waals surface area contributed by atoms with E-state index >= 15 is 0 Å². The van der Waals surface area contributed by atoms with Crippen molar-refractivity contribution in [1.82, 2.24) is 4.98 Å². The minimum absolute atomic E-state index is 0.231. The zero-order valence-corrected chi connectivity index (χ0v) is 10.8. The van der Waals surface area contributed by atoms with E-state index < -0.39 is 6.36 Å². The molecule has 0 spiro atoms. The van der Waals surface area contributed by atoms with Crippen molar-refractivity contribution in [3.8, 4) is 5.75 Å². The number of hydrogen-bond acceptors (Lipinski definition) is 2. The molecular weight excluding hydrogens is 311 g/mol. The van der Waals surface area contributed by atoms with Crippen molar-refractivity contribution in [2.24, 2.45) is 0 Å². The molecule has 2 nitrogen and oxygen atoms in total. The normalized spacial score (nSPS) is 11.8. The molecule has 96 valence electrons. The van der Waals surface area contributed by atoms with E-state index in [1.165, 1.54) is 18.2 Å². The van der Waals surface area contributed by atoms with Crippen LogP contribution in [0.25, 0.3) is 10.9 Å². The van der Waals surface area contributed by atoms with Gasteiger partial charge in [0, 0.05) is 16.4 Å². The number of rotatable bonds is 3. The van der Waals surface area contributed by atoms with Gasteiger partial charge in [0.25, 0.3) is 0 Å². The Bertz CT molecular complexity index is 557. The lowest BCUT2D eigenvalue weighted by atomic mass is 10.2. The standard InChI is InChI=1S/C12H9BrF3NO/c13-6-5-9-2-1-8-7-10(18-12(14,15)16)3-4-11(8)17-9/h1-4,7H,5-6H2. The molecule has 0 atom stereocenters. The van der Waals surface area contributed by atoms with Crippen molar-refractivity contribution < 1.29 is 17.9 Å². The van der Waals surface area contributed by atoms with Gasteiger partial charge in [-0.05, 0) is 30.7 Å². The fourth-order valence-corrected chi connectivity index (χ4v) is 1.99. The van der Waals surface area contributed by atoms with Gasteiger partial charge in [0.1, 0.15) is 5.75 Å². The largest absolute Gasteiger partial charge is 0.573 e. The zero-order chi connectivity index (χ0) is 13.2. The predicted molar refractivity (Wildman–Crippen MR) is 65.9 cm³/mol. The van der Waals surface area contributed by atoms with Crippen LogP contribution in [0, 0.1) is 0 Å². The number of benzene rings is 1. The third-order valence-electron chi connectivity index (χ3n) is 2.30. The fourth-order valence-electron chi connectivity index (χ4n) is 1.58. The van der Waals surface area contributed by atoms with Crippen LogP contribution in [0.1, 0.15) is 5.69 Å². The topological polar surface area (TPSA) is 22.1 Å². The maximum Gasteiger partial charge on any atom is 0.573 e. The number of nitrogens with zero attached hydrogens (tertiary/aromatic N) is 1. The van der Waals surface area contributed by atoms with Crippen molar-refractivity contribution in [3.05, 3.63) is 36.0 Å². The molecule has 1 heterocycles. The van der Waals surface area contributed by atoms with Gasteiger partial charge in [-0.3, -0.25) is 4.98 Å². The van der Waals surface area contributed by atoms with Gasteiger partial charge in [-0.2, -0.15) is 0 Å². The van der Waals surface area contributed by atoms with Crippen molar-refractivity contribution in [1.29, 1.82) is 0 Å². The maximum atomic E-state index is 12.1. The smallest absolute Gasteiger partial charge is 0.406 e. The van der Waals surface area contributed by atoms with E-state index in [-0.39, 0.29) is 5.75 Å². The zero-order valence-electron chi connectivity index (χ0n) is 9.17. The molecule has 18 heavy (non-hydrogen) atoms. The average molecular weight is 320 g/mol. The molecule has 0 fully saturated rings. The lowest BCUT2D eigenvalue weighted by Gasteiger charge is -2.09. The van der Waals surface area contributed by atoms with Crippen molar-refractivity contribution in [3.63, 3.8) is 0 Å². The first kappa shape index (κ1) is 13.1. The van der Waals surface area contributed by atoms with Gasteiger partial charge in [0.15, 0.2) is 0 Å². The Kier molecular flexibility index (Phi) is 3.75. The number of pyridine rings is 1. The number of ether oxygens (including phenoxy) is 1. The van der Waals surface area contributed by atoms with E-state index in [0.717, 1.165) is 17.4 Å². The second-order valence-corrected chi connectivity index (χ2v) is 4.44. The first-order chi connectivity index (χ1) is 8.48. The first-order valence-corrected chi connectivity index (χ1v) is 6.31. The van der Waals surface area contributed by atoms with Crippen LogP contribution in [0.3, 0.4) is 0 Å². The Balaban J connectivity index is 2.32. The summed E-state index contributed by atoms with van der Waals surface area (Å²) >= 11 is 3.31. The van der Waals surface area contributed by atoms with Crippen LogP contribution >= 0.6 is 15.9 Å². The number of halogens is 4. The van der Waals surface area contributed by atoms with E-state index in [2.05, 4.69) is 25.7 Å². The second kappa shape index (κ2) is 5.14. The predicted octanol–water partition coefficient (Wildman–Crippen LogP) is 4.07. The number of aryl methyl sites for hydroxylation is 1. The Labute approximate surface area is 110 Å². The molecule has 1 aromatic carbocycles. The molecule has 6 heteroatoms. The van der Waals surface area contributed by atoms with E-state index in [1.54, 1.807) is 12.1 Å². The van der Waals surface area contributed by atoms with Crippen molar-refractivity contribution in [2.75, 3.05) is 5.33 Å². The SMILES string of the molecule is FC(F)(F)Oc1ccc2nc(CCBr)ccc2c1. The van der Waals surface area contributed by atoms with Crippen LogP contribution in [-0.4, -0.2) is 16.7 Å². The lowest BCUT2D eigenvalue weighted by Crippen LogP contribution is -2.17. The highest BCUT2D eigenvalue weighted by Gasteiger charge is 2.31. The quantitative estimate of drug-likeness (QED) is 0.795. The minimum atomic E-state index is -4.67. The highest BCUT2D eigenvalue weighted by Crippen LogP contribution is 2.26. The highest BCUT2D eigenvalue weighted by molar-refractivity contribution is 9.09. The Hall–Kier alpha value is -1.30. The van der Waals surface area contributed by atoms with E-state index in [9.17, 15) is 13.2 Å². The molecule has 0 aliphatic rings. The summed E-state index contributed by atoms with van der Waals surface area (Å²) in [5.41, 5.74) is 1.55. The van der Waals surface area contributed by atoms with Gasteiger partial charge in [0.2, 0.25) is 0 Å². The number of aromatic nitrogens is 1. The molecule has 0 unspecified atom stereocenters. The summed E-state index contributed by atoms with van der Waals surface area (Å²) in [6.07, 6.45) is -3.90. The lowest BCUT2D eigenvalue weighted by molar-refractivity contribution is -0.274. The summed E-state index contributed by atoms with van der Waals surface area (Å²) in [5.74, 6) is -0.231. The number of alkyl halides is 4. The molecule has 0 bridgehead atoms. The molecule has 2 rings (SSSR count). The molecule has 0 N–H and O–H groups in total. The number of hydrogen-bond donors (Lipinski definition) is 0. The van der Waals surface area contributed by atoms with Gasteiger partial charge in [0.05, 0.1) is 5.52 Å². The molecule has 2 aromatic rings. The molecule has 0 radical (unpaired) electrons. The summed E-state index contributed by atoms with van der Waals surface area (Å²) in [4.78, 5) is 4.34. The molecule has 0 aliphatic heterocycles. The average Bonchev–Trinajstić information content (AvgIpc) is 2.27. The minimum Gasteiger partial charge on any atom is -0.406 e. The fraction of sp³-hybridized carbons (Fsp3) is 0.250. The van der Waals surface area contributed by atoms with Crippen LogP contribution in [0.4, 0.5) is 13.2 Å². The molecule has 0 saturated carbocycles. The van der Waals surface area contributed by atoms with Crippen LogP contribution in [0.2, 0.25) is 0 Å². The first-order valence-electron chi connectivity index (χ1n) is 5.19. The molecule has 0 aliphatic carbocycles. The molecule has 1 aromatic heterocycles. The van der Waals surface area contributed by atoms with Crippen LogP contribution in [0.5, 0.6) is 5.75 Å². The second-order valence-electron chi connectivity index (χ2n) is 3.64. The highest BCUT2D eigenvalue weighted by atomic mass is 79.9. The van der Waals surface area contributed by atoms with Crippen LogP contribution < -0.4 is 4.74 Å².